The van der Waals surface area contributed by atoms with E-state index in [1.54, 1.807) is 4.68 Å². The lowest BCUT2D eigenvalue weighted by molar-refractivity contribution is -0.136. The minimum Gasteiger partial charge on any atom is -0.456 e. The molecule has 1 amide bonds. The molecular formula is C30H27N3O4. The number of aromatic amines is 1. The monoisotopic (exact) mass is 493 g/mol. The molecular weight excluding hydrogens is 466 g/mol. The van der Waals surface area contributed by atoms with Gasteiger partial charge in [-0.05, 0) is 64.9 Å². The number of carbonyl (C=O) groups excluding carboxylic acids is 2. The van der Waals surface area contributed by atoms with Crippen LogP contribution in [0.25, 0.3) is 33.2 Å². The number of aryl methyl sites for hydroxylation is 1. The number of aromatic nitrogens is 2. The molecule has 0 saturated heterocycles. The summed E-state index contributed by atoms with van der Waals surface area (Å²) >= 11 is 0. The van der Waals surface area contributed by atoms with Crippen LogP contribution in [0.3, 0.4) is 0 Å². The van der Waals surface area contributed by atoms with Crippen LogP contribution in [0.2, 0.25) is 0 Å². The van der Waals surface area contributed by atoms with E-state index in [1.165, 1.54) is 0 Å². The maximum Gasteiger partial charge on any atom is 0.413 e. The maximum absolute atomic E-state index is 12.7. The van der Waals surface area contributed by atoms with E-state index in [9.17, 15) is 9.59 Å². The molecule has 0 aromatic heterocycles. The van der Waals surface area contributed by atoms with E-state index in [0.29, 0.717) is 12.3 Å². The Balaban J connectivity index is 1.26. The summed E-state index contributed by atoms with van der Waals surface area (Å²) in [6.07, 6.45) is 0.851. The Labute approximate surface area is 214 Å². The molecule has 3 aliphatic rings. The van der Waals surface area contributed by atoms with E-state index >= 15 is 0 Å². The Morgan fingerprint density at radius 3 is 2.46 bits per heavy atom. The van der Waals surface area contributed by atoms with E-state index in [2.05, 4.69) is 46.8 Å². The number of fused-ring (bicyclic) bond motifs is 3. The van der Waals surface area contributed by atoms with Crippen LogP contribution >= 0.6 is 0 Å². The molecule has 0 radical (unpaired) electrons. The normalized spacial score (nSPS) is 14.9. The van der Waals surface area contributed by atoms with Crippen molar-refractivity contribution in [1.29, 1.82) is 0 Å². The van der Waals surface area contributed by atoms with E-state index in [4.69, 9.17) is 9.47 Å². The van der Waals surface area contributed by atoms with Crippen LogP contribution in [0.1, 0.15) is 37.0 Å². The molecule has 1 saturated carbocycles. The molecule has 6 rings (SSSR count). The molecule has 1 unspecified atom stereocenters. The van der Waals surface area contributed by atoms with E-state index in [1.807, 2.05) is 56.4 Å². The fraction of sp³-hybridized carbons (Fsp3) is 0.200. The van der Waals surface area contributed by atoms with Gasteiger partial charge in [-0.3, -0.25) is 19.9 Å². The summed E-state index contributed by atoms with van der Waals surface area (Å²) in [5.74, 6) is 0.650. The molecule has 7 nitrogen and oxygen atoms in total. The Hall–Kier alpha value is -4.52. The highest BCUT2D eigenvalue weighted by Gasteiger charge is 2.46. The molecule has 0 bridgehead atoms. The number of H-pyrrole nitrogens is 1. The van der Waals surface area contributed by atoms with Gasteiger partial charge < -0.3 is 9.47 Å². The maximum atomic E-state index is 12.7. The SMILES string of the molecule is CC(OC(=O)Nc1c2c3ccc(-c4ccc(C5(OC=O)CC5)cc4)cc3cc-2[nH]n1C)c1ccccc1. The number of benzene rings is 3. The molecule has 1 atom stereocenters. The third-order valence-corrected chi connectivity index (χ3v) is 7.25. The molecule has 1 heterocycles. The van der Waals surface area contributed by atoms with Gasteiger partial charge in [0.05, 0.1) is 5.69 Å². The number of anilines is 1. The molecule has 1 aliphatic heterocycles. The number of carbonyl (C=O) groups is 2. The zero-order valence-electron chi connectivity index (χ0n) is 20.7. The number of hydrogen-bond acceptors (Lipinski definition) is 4. The lowest BCUT2D eigenvalue weighted by Crippen LogP contribution is -2.18. The average Bonchev–Trinajstić information content (AvgIpc) is 3.52. The molecule has 0 spiro atoms. The van der Waals surface area contributed by atoms with Crippen LogP contribution in [-0.2, 0) is 26.9 Å². The Bertz CT molecular complexity index is 1560. The second-order valence-corrected chi connectivity index (χ2v) is 9.62. The van der Waals surface area contributed by atoms with Crippen molar-refractivity contribution >= 4 is 29.2 Å². The van der Waals surface area contributed by atoms with Crippen LogP contribution in [-0.4, -0.2) is 22.3 Å². The summed E-state index contributed by atoms with van der Waals surface area (Å²) < 4.78 is 12.7. The van der Waals surface area contributed by atoms with Crippen molar-refractivity contribution in [2.24, 2.45) is 7.05 Å². The second kappa shape index (κ2) is 8.85. The molecule has 37 heavy (non-hydrogen) atoms. The minimum atomic E-state index is -0.508. The van der Waals surface area contributed by atoms with Gasteiger partial charge in [-0.25, -0.2) is 4.79 Å². The van der Waals surface area contributed by atoms with Gasteiger partial charge in [-0.15, -0.1) is 0 Å². The summed E-state index contributed by atoms with van der Waals surface area (Å²) in [7, 11) is 1.86. The van der Waals surface area contributed by atoms with E-state index in [-0.39, 0.29) is 6.10 Å². The van der Waals surface area contributed by atoms with Crippen LogP contribution in [0, 0.1) is 0 Å². The van der Waals surface area contributed by atoms with Gasteiger partial charge in [-0.2, -0.15) is 0 Å². The van der Waals surface area contributed by atoms with Gasteiger partial charge in [0, 0.05) is 12.6 Å². The van der Waals surface area contributed by atoms with E-state index < -0.39 is 11.7 Å². The number of amides is 1. The fourth-order valence-electron chi connectivity index (χ4n) is 5.08. The Morgan fingerprint density at radius 1 is 1.03 bits per heavy atom. The van der Waals surface area contributed by atoms with Crippen LogP contribution in [0.5, 0.6) is 0 Å². The third kappa shape index (κ3) is 4.12. The predicted octanol–water partition coefficient (Wildman–Crippen LogP) is 6.75. The summed E-state index contributed by atoms with van der Waals surface area (Å²) in [6.45, 7) is 2.39. The Morgan fingerprint density at radius 2 is 1.76 bits per heavy atom. The van der Waals surface area contributed by atoms with Crippen molar-refractivity contribution in [3.05, 3.63) is 90.0 Å². The van der Waals surface area contributed by atoms with Crippen LogP contribution in [0.15, 0.2) is 78.9 Å². The standard InChI is InChI=1S/C30H27N3O4/c1-19(20-6-4-3-5-7-20)37-29(35)31-28-27-25-13-10-22(16-23(25)17-26(27)32-33(28)2)21-8-11-24(12-9-21)30(14-15-30)36-18-34/h3-13,16-19,32H,14-15H2,1-2H3,(H,31,35). The summed E-state index contributed by atoms with van der Waals surface area (Å²) in [4.78, 5) is 23.6. The number of rotatable bonds is 7. The lowest BCUT2D eigenvalue weighted by atomic mass is 9.99. The largest absolute Gasteiger partial charge is 0.456 e. The van der Waals surface area contributed by atoms with Crippen LogP contribution in [0.4, 0.5) is 10.6 Å². The molecule has 3 aromatic carbocycles. The third-order valence-electron chi connectivity index (χ3n) is 7.25. The minimum absolute atomic E-state index is 0.369. The summed E-state index contributed by atoms with van der Waals surface area (Å²) in [5.41, 5.74) is 5.56. The van der Waals surface area contributed by atoms with Gasteiger partial charge in [0.15, 0.2) is 0 Å². The number of hydrogen-bond donors (Lipinski definition) is 2. The highest BCUT2D eigenvalue weighted by Crippen LogP contribution is 2.49. The quantitative estimate of drug-likeness (QED) is 0.246. The number of ether oxygens (including phenoxy) is 2. The molecule has 186 valence electrons. The Kier molecular flexibility index (Phi) is 5.48. The fourth-order valence-corrected chi connectivity index (χ4v) is 5.08. The van der Waals surface area contributed by atoms with Crippen molar-refractivity contribution < 1.29 is 19.1 Å². The smallest absolute Gasteiger partial charge is 0.413 e. The van der Waals surface area contributed by atoms with Gasteiger partial charge in [0.2, 0.25) is 0 Å². The van der Waals surface area contributed by atoms with Crippen molar-refractivity contribution in [3.8, 4) is 22.4 Å². The van der Waals surface area contributed by atoms with Crippen molar-refractivity contribution in [2.45, 2.75) is 31.5 Å². The van der Waals surface area contributed by atoms with Crippen molar-refractivity contribution in [3.63, 3.8) is 0 Å². The zero-order chi connectivity index (χ0) is 25.6. The first-order valence-electron chi connectivity index (χ1n) is 12.3. The summed E-state index contributed by atoms with van der Waals surface area (Å²) in [6, 6.07) is 26.2. The van der Waals surface area contributed by atoms with Gasteiger partial charge >= 0.3 is 6.09 Å². The first-order chi connectivity index (χ1) is 18.0. The highest BCUT2D eigenvalue weighted by atomic mass is 16.6. The molecule has 7 heteroatoms. The summed E-state index contributed by atoms with van der Waals surface area (Å²) in [5, 5.41) is 8.35. The van der Waals surface area contributed by atoms with Crippen LogP contribution < -0.4 is 5.32 Å². The first-order valence-corrected chi connectivity index (χ1v) is 12.3. The van der Waals surface area contributed by atoms with Crippen molar-refractivity contribution in [1.82, 2.24) is 9.78 Å². The van der Waals surface area contributed by atoms with Gasteiger partial charge in [0.25, 0.3) is 6.47 Å². The topological polar surface area (TPSA) is 85.3 Å². The van der Waals surface area contributed by atoms with Crippen molar-refractivity contribution in [2.75, 3.05) is 5.32 Å². The average molecular weight is 494 g/mol. The number of nitrogens with zero attached hydrogens (tertiary/aromatic N) is 1. The van der Waals surface area contributed by atoms with E-state index in [0.717, 1.165) is 57.1 Å². The molecule has 2 aliphatic carbocycles. The first kappa shape index (κ1) is 22.9. The number of nitrogens with one attached hydrogen (secondary N) is 2. The zero-order valence-corrected chi connectivity index (χ0v) is 20.7. The second-order valence-electron chi connectivity index (χ2n) is 9.62. The highest BCUT2D eigenvalue weighted by molar-refractivity contribution is 6.08. The lowest BCUT2D eigenvalue weighted by Gasteiger charge is -2.15. The molecule has 2 N–H and O–H groups in total. The molecule has 3 aromatic rings. The van der Waals surface area contributed by atoms with Gasteiger partial charge in [-0.1, -0.05) is 66.7 Å². The van der Waals surface area contributed by atoms with Gasteiger partial charge in [0.1, 0.15) is 17.5 Å². The molecule has 1 fully saturated rings. The predicted molar refractivity (Wildman–Crippen MR) is 142 cm³/mol.